The molecular weight excluding hydrogens is 242 g/mol. The van der Waals surface area contributed by atoms with E-state index in [0.29, 0.717) is 18.3 Å². The molecule has 1 unspecified atom stereocenters. The summed E-state index contributed by atoms with van der Waals surface area (Å²) >= 11 is 1.81. The highest BCUT2D eigenvalue weighted by atomic mass is 32.1. The predicted octanol–water partition coefficient (Wildman–Crippen LogP) is 3.92. The largest absolute Gasteiger partial charge is 0.508 e. The number of phenolic OH excluding ortho intramolecular Hbond substituents is 1. The van der Waals surface area contributed by atoms with Gasteiger partial charge in [0.05, 0.1) is 0 Å². The maximum absolute atomic E-state index is 9.79. The second-order valence-corrected chi connectivity index (χ2v) is 6.00. The third-order valence-electron chi connectivity index (χ3n) is 3.02. The van der Waals surface area contributed by atoms with Gasteiger partial charge in [0.2, 0.25) is 0 Å². The lowest BCUT2D eigenvalue weighted by atomic mass is 10.1. The zero-order valence-electron chi connectivity index (χ0n) is 11.0. The SMILES string of the molecule is Cc1ccc(O)c(CNC(C)c2ccc(C)s2)c1. The zero-order chi connectivity index (χ0) is 13.1. The van der Waals surface area contributed by atoms with Crippen LogP contribution in [0.3, 0.4) is 0 Å². The molecule has 0 bridgehead atoms. The summed E-state index contributed by atoms with van der Waals surface area (Å²) < 4.78 is 0. The van der Waals surface area contributed by atoms with Crippen LogP contribution >= 0.6 is 11.3 Å². The van der Waals surface area contributed by atoms with Gasteiger partial charge in [-0.25, -0.2) is 0 Å². The van der Waals surface area contributed by atoms with E-state index in [-0.39, 0.29) is 0 Å². The van der Waals surface area contributed by atoms with Crippen molar-refractivity contribution >= 4 is 11.3 Å². The first kappa shape index (κ1) is 13.1. The van der Waals surface area contributed by atoms with Crippen molar-refractivity contribution in [1.29, 1.82) is 0 Å². The molecule has 1 heterocycles. The minimum atomic E-state index is 0.309. The van der Waals surface area contributed by atoms with E-state index in [9.17, 15) is 5.11 Å². The Hall–Kier alpha value is -1.32. The number of hydrogen-bond acceptors (Lipinski definition) is 3. The number of nitrogens with one attached hydrogen (secondary N) is 1. The van der Waals surface area contributed by atoms with Crippen molar-refractivity contribution in [3.05, 3.63) is 51.2 Å². The Morgan fingerprint density at radius 3 is 2.67 bits per heavy atom. The summed E-state index contributed by atoms with van der Waals surface area (Å²) in [6.45, 7) is 6.99. The zero-order valence-corrected chi connectivity index (χ0v) is 11.8. The van der Waals surface area contributed by atoms with Crippen LogP contribution in [-0.4, -0.2) is 5.11 Å². The summed E-state index contributed by atoms with van der Waals surface area (Å²) in [6, 6.07) is 10.3. The number of phenols is 1. The fraction of sp³-hybridized carbons (Fsp3) is 0.333. The van der Waals surface area contributed by atoms with Gasteiger partial charge in [-0.05, 0) is 39.0 Å². The van der Waals surface area contributed by atoms with Crippen LogP contribution < -0.4 is 5.32 Å². The van der Waals surface area contributed by atoms with Crippen molar-refractivity contribution in [2.45, 2.75) is 33.4 Å². The van der Waals surface area contributed by atoms with Crippen LogP contribution in [0.1, 0.15) is 33.8 Å². The molecule has 0 amide bonds. The fourth-order valence-corrected chi connectivity index (χ4v) is 2.81. The van der Waals surface area contributed by atoms with E-state index >= 15 is 0 Å². The molecule has 2 nitrogen and oxygen atoms in total. The number of rotatable bonds is 4. The van der Waals surface area contributed by atoms with Crippen molar-refractivity contribution in [3.63, 3.8) is 0 Å². The van der Waals surface area contributed by atoms with Gasteiger partial charge in [0.15, 0.2) is 0 Å². The van der Waals surface area contributed by atoms with Crippen LogP contribution in [0, 0.1) is 13.8 Å². The van der Waals surface area contributed by atoms with Crippen molar-refractivity contribution in [2.75, 3.05) is 0 Å². The molecule has 2 N–H and O–H groups in total. The first-order valence-electron chi connectivity index (χ1n) is 6.14. The van der Waals surface area contributed by atoms with E-state index in [1.807, 2.05) is 30.4 Å². The quantitative estimate of drug-likeness (QED) is 0.874. The van der Waals surface area contributed by atoms with Gasteiger partial charge in [-0.1, -0.05) is 17.7 Å². The van der Waals surface area contributed by atoms with Crippen LogP contribution in [0.5, 0.6) is 5.75 Å². The van der Waals surface area contributed by atoms with Gasteiger partial charge in [-0.3, -0.25) is 0 Å². The molecule has 0 saturated heterocycles. The number of hydrogen-bond donors (Lipinski definition) is 2. The molecule has 0 aliphatic rings. The molecule has 96 valence electrons. The molecular formula is C15H19NOS. The predicted molar refractivity (Wildman–Crippen MR) is 77.2 cm³/mol. The molecule has 1 aromatic carbocycles. The molecule has 18 heavy (non-hydrogen) atoms. The monoisotopic (exact) mass is 261 g/mol. The average Bonchev–Trinajstić information content (AvgIpc) is 2.77. The molecule has 1 atom stereocenters. The number of benzene rings is 1. The molecule has 0 saturated carbocycles. The molecule has 2 rings (SSSR count). The minimum absolute atomic E-state index is 0.309. The fourth-order valence-electron chi connectivity index (χ4n) is 1.91. The van der Waals surface area contributed by atoms with Crippen LogP contribution in [-0.2, 0) is 6.54 Å². The van der Waals surface area contributed by atoms with Crippen LogP contribution in [0.25, 0.3) is 0 Å². The van der Waals surface area contributed by atoms with Gasteiger partial charge in [0.25, 0.3) is 0 Å². The maximum atomic E-state index is 9.79. The Bertz CT molecular complexity index is 533. The van der Waals surface area contributed by atoms with Crippen molar-refractivity contribution in [1.82, 2.24) is 5.32 Å². The highest BCUT2D eigenvalue weighted by Gasteiger charge is 2.08. The Morgan fingerprint density at radius 2 is 2.00 bits per heavy atom. The van der Waals surface area contributed by atoms with Gasteiger partial charge in [0.1, 0.15) is 5.75 Å². The number of aromatic hydroxyl groups is 1. The lowest BCUT2D eigenvalue weighted by molar-refractivity contribution is 0.460. The maximum Gasteiger partial charge on any atom is 0.120 e. The third kappa shape index (κ3) is 3.12. The van der Waals surface area contributed by atoms with Crippen molar-refractivity contribution < 1.29 is 5.11 Å². The van der Waals surface area contributed by atoms with Crippen molar-refractivity contribution in [2.24, 2.45) is 0 Å². The summed E-state index contributed by atoms with van der Waals surface area (Å²) in [4.78, 5) is 2.66. The van der Waals surface area contributed by atoms with Crippen molar-refractivity contribution in [3.8, 4) is 5.75 Å². The molecule has 0 aliphatic heterocycles. The van der Waals surface area contributed by atoms with E-state index in [0.717, 1.165) is 5.56 Å². The highest BCUT2D eigenvalue weighted by molar-refractivity contribution is 7.12. The Balaban J connectivity index is 2.01. The summed E-state index contributed by atoms with van der Waals surface area (Å²) in [5.41, 5.74) is 2.12. The molecule has 1 aromatic heterocycles. The standard InChI is InChI=1S/C15H19NOS/c1-10-4-6-14(17)13(8-10)9-16-12(3)15-7-5-11(2)18-15/h4-8,12,16-17H,9H2,1-3H3. The van der Waals surface area contributed by atoms with Gasteiger partial charge in [-0.15, -0.1) is 11.3 Å². The molecule has 0 radical (unpaired) electrons. The molecule has 2 aromatic rings. The van der Waals surface area contributed by atoms with Gasteiger partial charge in [0, 0.05) is 27.9 Å². The normalized spacial score (nSPS) is 12.6. The highest BCUT2D eigenvalue weighted by Crippen LogP contribution is 2.24. The Labute approximate surface area is 112 Å². The second-order valence-electron chi connectivity index (χ2n) is 4.68. The van der Waals surface area contributed by atoms with E-state index < -0.39 is 0 Å². The lowest BCUT2D eigenvalue weighted by Gasteiger charge is -2.13. The van der Waals surface area contributed by atoms with E-state index in [2.05, 4.69) is 31.3 Å². The average molecular weight is 261 g/mol. The first-order chi connectivity index (χ1) is 8.56. The number of thiophene rings is 1. The van der Waals surface area contributed by atoms with Crippen LogP contribution in [0.4, 0.5) is 0 Å². The van der Waals surface area contributed by atoms with Gasteiger partial charge >= 0.3 is 0 Å². The van der Waals surface area contributed by atoms with E-state index in [1.54, 1.807) is 6.07 Å². The molecule has 3 heteroatoms. The molecule has 0 spiro atoms. The summed E-state index contributed by atoms with van der Waals surface area (Å²) in [5.74, 6) is 0.364. The summed E-state index contributed by atoms with van der Waals surface area (Å²) in [5, 5.41) is 13.2. The minimum Gasteiger partial charge on any atom is -0.508 e. The smallest absolute Gasteiger partial charge is 0.120 e. The van der Waals surface area contributed by atoms with Gasteiger partial charge in [-0.2, -0.15) is 0 Å². The van der Waals surface area contributed by atoms with Gasteiger partial charge < -0.3 is 10.4 Å². The summed E-state index contributed by atoms with van der Waals surface area (Å²) in [6.07, 6.45) is 0. The van der Waals surface area contributed by atoms with Crippen LogP contribution in [0.2, 0.25) is 0 Å². The first-order valence-corrected chi connectivity index (χ1v) is 6.96. The van der Waals surface area contributed by atoms with E-state index in [1.165, 1.54) is 15.3 Å². The van der Waals surface area contributed by atoms with E-state index in [4.69, 9.17) is 0 Å². The number of aryl methyl sites for hydroxylation is 2. The summed E-state index contributed by atoms with van der Waals surface area (Å²) in [7, 11) is 0. The Morgan fingerprint density at radius 1 is 1.22 bits per heavy atom. The Kier molecular flexibility index (Phi) is 4.04. The second kappa shape index (κ2) is 5.55. The lowest BCUT2D eigenvalue weighted by Crippen LogP contribution is -2.17. The third-order valence-corrected chi connectivity index (χ3v) is 4.21. The van der Waals surface area contributed by atoms with Crippen LogP contribution in [0.15, 0.2) is 30.3 Å². The molecule has 0 aliphatic carbocycles. The molecule has 0 fully saturated rings. The topological polar surface area (TPSA) is 32.3 Å².